The molecule has 1 spiro atoms. The van der Waals surface area contributed by atoms with E-state index in [-0.39, 0.29) is 0 Å². The van der Waals surface area contributed by atoms with Gasteiger partial charge in [-0.25, -0.2) is 5.32 Å². The lowest BCUT2D eigenvalue weighted by Gasteiger charge is -2.32. The zero-order valence-corrected chi connectivity index (χ0v) is 7.05. The molecule has 1 heteroatoms. The van der Waals surface area contributed by atoms with Crippen LogP contribution in [0.5, 0.6) is 0 Å². The van der Waals surface area contributed by atoms with Crippen LogP contribution in [0.15, 0.2) is 0 Å². The van der Waals surface area contributed by atoms with E-state index in [9.17, 15) is 0 Å². The van der Waals surface area contributed by atoms with Gasteiger partial charge < -0.3 is 0 Å². The minimum absolute atomic E-state index is 0.739. The summed E-state index contributed by atoms with van der Waals surface area (Å²) in [4.78, 5) is 0. The Morgan fingerprint density at radius 3 is 2.82 bits per heavy atom. The minimum atomic E-state index is 0.739. The van der Waals surface area contributed by atoms with Crippen LogP contribution < -0.4 is 5.32 Å². The third kappa shape index (κ3) is 0.752. The van der Waals surface area contributed by atoms with E-state index in [1.54, 1.807) is 6.42 Å². The molecule has 61 valence electrons. The Labute approximate surface area is 68.6 Å². The smallest absolute Gasteiger partial charge is 0.0193 e. The van der Waals surface area contributed by atoms with Gasteiger partial charge in [0.05, 0.1) is 0 Å². The molecular weight excluding hydrogens is 134 g/mol. The van der Waals surface area contributed by atoms with Crippen molar-refractivity contribution in [3.63, 3.8) is 0 Å². The Bertz CT molecular complexity index is 170. The van der Waals surface area contributed by atoms with Crippen LogP contribution >= 0.6 is 0 Å². The van der Waals surface area contributed by atoms with Gasteiger partial charge in [-0.2, -0.15) is 0 Å². The van der Waals surface area contributed by atoms with Crippen molar-refractivity contribution < 1.29 is 0 Å². The first-order valence-corrected chi connectivity index (χ1v) is 5.02. The van der Waals surface area contributed by atoms with E-state index in [2.05, 4.69) is 5.32 Å². The van der Waals surface area contributed by atoms with Gasteiger partial charge in [0.1, 0.15) is 0 Å². The molecule has 0 N–H and O–H groups in total. The van der Waals surface area contributed by atoms with Crippen LogP contribution in [0.1, 0.15) is 32.1 Å². The summed E-state index contributed by atoms with van der Waals surface area (Å²) in [5.74, 6) is 2.19. The first-order valence-electron chi connectivity index (χ1n) is 5.02. The monoisotopic (exact) mass is 150 g/mol. The average molecular weight is 150 g/mol. The van der Waals surface area contributed by atoms with Crippen LogP contribution in [-0.2, 0) is 0 Å². The molecule has 3 unspecified atom stereocenters. The van der Waals surface area contributed by atoms with Crippen LogP contribution in [0, 0.1) is 17.3 Å². The maximum absolute atomic E-state index is 4.54. The van der Waals surface area contributed by atoms with Gasteiger partial charge >= 0.3 is 0 Å². The molecule has 2 aliphatic carbocycles. The molecule has 2 saturated carbocycles. The van der Waals surface area contributed by atoms with Gasteiger partial charge in [-0.1, -0.05) is 6.42 Å². The van der Waals surface area contributed by atoms with Crippen LogP contribution in [0.2, 0.25) is 0 Å². The minimum Gasteiger partial charge on any atom is -0.241 e. The third-order valence-electron chi connectivity index (χ3n) is 4.30. The summed E-state index contributed by atoms with van der Waals surface area (Å²) in [7, 11) is 0. The van der Waals surface area contributed by atoms with E-state index in [1.165, 1.54) is 38.8 Å². The van der Waals surface area contributed by atoms with Gasteiger partial charge in [-0.15, -0.1) is 0 Å². The SMILES string of the molecule is C1CC2(C[N]1)CC1CCC2C1. The van der Waals surface area contributed by atoms with Crippen molar-refractivity contribution in [2.75, 3.05) is 13.1 Å². The lowest BCUT2D eigenvalue weighted by Crippen LogP contribution is -2.28. The van der Waals surface area contributed by atoms with E-state index in [4.69, 9.17) is 0 Å². The van der Waals surface area contributed by atoms with Gasteiger partial charge in [0.2, 0.25) is 0 Å². The van der Waals surface area contributed by atoms with E-state index in [1.807, 2.05) is 0 Å². The first-order chi connectivity index (χ1) is 5.39. The molecule has 1 heterocycles. The summed E-state index contributed by atoms with van der Waals surface area (Å²) in [6.07, 6.45) is 7.57. The molecule has 3 aliphatic rings. The summed E-state index contributed by atoms with van der Waals surface area (Å²) in [6.45, 7) is 2.39. The normalized spacial score (nSPS) is 54.5. The second-order valence-electron chi connectivity index (χ2n) is 4.80. The molecule has 0 aromatic carbocycles. The predicted molar refractivity (Wildman–Crippen MR) is 44.4 cm³/mol. The summed E-state index contributed by atoms with van der Waals surface area (Å²) in [5, 5.41) is 4.54. The Hall–Kier alpha value is -0.0400. The van der Waals surface area contributed by atoms with Crippen molar-refractivity contribution >= 4 is 0 Å². The third-order valence-corrected chi connectivity index (χ3v) is 4.30. The maximum Gasteiger partial charge on any atom is 0.0193 e. The fourth-order valence-electron chi connectivity index (χ4n) is 3.74. The van der Waals surface area contributed by atoms with Crippen LogP contribution in [0.25, 0.3) is 0 Å². The van der Waals surface area contributed by atoms with Gasteiger partial charge in [0, 0.05) is 13.1 Å². The standard InChI is InChI=1S/C10H16N/c1-2-9-5-8(1)6-10(9)3-4-11-7-10/h8-9H,1-7H2. The molecule has 3 fully saturated rings. The van der Waals surface area contributed by atoms with E-state index < -0.39 is 0 Å². The highest BCUT2D eigenvalue weighted by Gasteiger charge is 2.51. The molecule has 1 radical (unpaired) electrons. The molecule has 1 nitrogen and oxygen atoms in total. The molecule has 0 aromatic rings. The Morgan fingerprint density at radius 2 is 2.27 bits per heavy atom. The van der Waals surface area contributed by atoms with Crippen LogP contribution in [0.3, 0.4) is 0 Å². The Kier molecular flexibility index (Phi) is 1.18. The van der Waals surface area contributed by atoms with Crippen molar-refractivity contribution in [3.05, 3.63) is 0 Å². The summed E-state index contributed by atoms with van der Waals surface area (Å²) >= 11 is 0. The summed E-state index contributed by atoms with van der Waals surface area (Å²) < 4.78 is 0. The predicted octanol–water partition coefficient (Wildman–Crippen LogP) is 1.80. The molecule has 0 amide bonds. The fourth-order valence-corrected chi connectivity index (χ4v) is 3.74. The lowest BCUT2D eigenvalue weighted by molar-refractivity contribution is 0.189. The highest BCUT2D eigenvalue weighted by atomic mass is 14.9. The van der Waals surface area contributed by atoms with Gasteiger partial charge in [-0.3, -0.25) is 0 Å². The highest BCUT2D eigenvalue weighted by molar-refractivity contribution is 5.03. The Balaban J connectivity index is 1.88. The van der Waals surface area contributed by atoms with Crippen molar-refractivity contribution in [1.82, 2.24) is 5.32 Å². The molecule has 1 saturated heterocycles. The van der Waals surface area contributed by atoms with E-state index >= 15 is 0 Å². The molecule has 3 atom stereocenters. The lowest BCUT2D eigenvalue weighted by atomic mass is 9.73. The second kappa shape index (κ2) is 2.01. The molecule has 2 bridgehead atoms. The molecule has 11 heavy (non-hydrogen) atoms. The van der Waals surface area contributed by atoms with Crippen LogP contribution in [-0.4, -0.2) is 13.1 Å². The molecule has 0 aromatic heterocycles. The van der Waals surface area contributed by atoms with E-state index in [0.29, 0.717) is 0 Å². The highest BCUT2D eigenvalue weighted by Crippen LogP contribution is 2.58. The largest absolute Gasteiger partial charge is 0.241 e. The van der Waals surface area contributed by atoms with Gasteiger partial charge in [-0.05, 0) is 42.9 Å². The Morgan fingerprint density at radius 1 is 1.27 bits per heavy atom. The van der Waals surface area contributed by atoms with Crippen molar-refractivity contribution in [2.45, 2.75) is 32.1 Å². The van der Waals surface area contributed by atoms with Crippen molar-refractivity contribution in [2.24, 2.45) is 17.3 Å². The molecule has 1 aliphatic heterocycles. The van der Waals surface area contributed by atoms with Crippen molar-refractivity contribution in [1.29, 1.82) is 0 Å². The zero-order chi connectivity index (χ0) is 7.31. The van der Waals surface area contributed by atoms with Gasteiger partial charge in [0.15, 0.2) is 0 Å². The molecule has 3 rings (SSSR count). The first kappa shape index (κ1) is 6.47. The number of hydrogen-bond acceptors (Lipinski definition) is 0. The average Bonchev–Trinajstić information content (AvgIpc) is 2.64. The summed E-state index contributed by atoms with van der Waals surface area (Å²) in [6, 6.07) is 0. The quantitative estimate of drug-likeness (QED) is 0.500. The number of rotatable bonds is 0. The maximum atomic E-state index is 4.54. The summed E-state index contributed by atoms with van der Waals surface area (Å²) in [5.41, 5.74) is 0.739. The van der Waals surface area contributed by atoms with Crippen LogP contribution in [0.4, 0.5) is 0 Å². The van der Waals surface area contributed by atoms with Gasteiger partial charge in [0.25, 0.3) is 0 Å². The topological polar surface area (TPSA) is 14.1 Å². The second-order valence-corrected chi connectivity index (χ2v) is 4.80. The number of nitrogens with zero attached hydrogens (tertiary/aromatic N) is 1. The molecular formula is C10H16N. The fraction of sp³-hybridized carbons (Fsp3) is 1.00. The number of fused-ring (bicyclic) bond motifs is 3. The van der Waals surface area contributed by atoms with Crippen molar-refractivity contribution in [3.8, 4) is 0 Å². The van der Waals surface area contributed by atoms with E-state index in [0.717, 1.165) is 17.3 Å². The zero-order valence-electron chi connectivity index (χ0n) is 7.05. The number of hydrogen-bond donors (Lipinski definition) is 0.